The zero-order valence-corrected chi connectivity index (χ0v) is 14.1. The van der Waals surface area contributed by atoms with Crippen molar-refractivity contribution in [2.24, 2.45) is 0 Å². The summed E-state index contributed by atoms with van der Waals surface area (Å²) in [7, 11) is -2.87. The summed E-state index contributed by atoms with van der Waals surface area (Å²) in [4.78, 5) is 11.8. The zero-order valence-electron chi connectivity index (χ0n) is 13.3. The van der Waals surface area contributed by atoms with Crippen LogP contribution in [0.2, 0.25) is 0 Å². The van der Waals surface area contributed by atoms with Crippen molar-refractivity contribution in [1.82, 2.24) is 0 Å². The molecule has 1 aliphatic heterocycles. The van der Waals surface area contributed by atoms with E-state index < -0.39 is 22.8 Å². The summed E-state index contributed by atoms with van der Waals surface area (Å²) in [5, 5.41) is 0. The maximum absolute atomic E-state index is 12.4. The van der Waals surface area contributed by atoms with Crippen LogP contribution in [0.15, 0.2) is 47.4 Å². The van der Waals surface area contributed by atoms with Gasteiger partial charge in [0.15, 0.2) is 11.5 Å². The number of esters is 1. The van der Waals surface area contributed by atoms with E-state index in [-0.39, 0.29) is 28.6 Å². The average Bonchev–Trinajstić information content (AvgIpc) is 2.62. The molecule has 0 N–H and O–H groups in total. The molecule has 0 saturated carbocycles. The van der Waals surface area contributed by atoms with Crippen molar-refractivity contribution in [2.75, 3.05) is 7.11 Å². The van der Waals surface area contributed by atoms with Crippen LogP contribution in [-0.4, -0.2) is 28.2 Å². The predicted molar refractivity (Wildman–Crippen MR) is 83.5 cm³/mol. The summed E-state index contributed by atoms with van der Waals surface area (Å²) >= 11 is 0. The fourth-order valence-corrected chi connectivity index (χ4v) is 3.12. The minimum Gasteiger partial charge on any atom is -0.485 e. The molecule has 26 heavy (non-hydrogen) atoms. The van der Waals surface area contributed by atoms with Crippen molar-refractivity contribution in [1.29, 1.82) is 0 Å². The quantitative estimate of drug-likeness (QED) is 0.549. The Balaban J connectivity index is 0.000000552. The second kappa shape index (κ2) is 8.09. The number of para-hydroxylation sites is 1. The lowest BCUT2D eigenvalue weighted by Crippen LogP contribution is -2.13. The summed E-state index contributed by atoms with van der Waals surface area (Å²) in [6.07, 6.45) is 0. The third-order valence-corrected chi connectivity index (χ3v) is 4.38. The Morgan fingerprint density at radius 1 is 1.15 bits per heavy atom. The molecule has 2 aromatic rings. The van der Waals surface area contributed by atoms with Crippen molar-refractivity contribution in [3.8, 4) is 11.5 Å². The topological polar surface area (TPSA) is 78.9 Å². The Morgan fingerprint density at radius 3 is 2.46 bits per heavy atom. The highest BCUT2D eigenvalue weighted by atomic mass is 32.2. The SMILES string of the molecule is COC(=O)c1cccc2c1OS(=O)(=O)c1cccc(c1)CO2.FC(F)F. The molecule has 0 spiro atoms. The van der Waals surface area contributed by atoms with E-state index in [0.717, 1.165) is 0 Å². The molecule has 0 unspecified atom stereocenters. The smallest absolute Gasteiger partial charge is 0.379 e. The first-order valence-corrected chi connectivity index (χ1v) is 8.45. The van der Waals surface area contributed by atoms with Gasteiger partial charge in [0.1, 0.15) is 17.1 Å². The Labute approximate surface area is 147 Å². The largest absolute Gasteiger partial charge is 0.485 e. The number of methoxy groups -OCH3 is 1. The van der Waals surface area contributed by atoms with Crippen molar-refractivity contribution < 1.29 is 40.0 Å². The molecule has 140 valence electrons. The molecule has 0 saturated heterocycles. The van der Waals surface area contributed by atoms with Gasteiger partial charge in [-0.05, 0) is 29.8 Å². The molecule has 10 heteroatoms. The number of carbonyl (C=O) groups is 1. The molecular formula is C16H13F3O6S. The van der Waals surface area contributed by atoms with E-state index in [0.29, 0.717) is 5.56 Å². The van der Waals surface area contributed by atoms with Crippen LogP contribution in [0, 0.1) is 0 Å². The first-order chi connectivity index (χ1) is 12.2. The number of rotatable bonds is 1. The Kier molecular flexibility index (Phi) is 6.09. The van der Waals surface area contributed by atoms with Gasteiger partial charge in [0.25, 0.3) is 0 Å². The molecule has 1 heterocycles. The number of ether oxygens (including phenoxy) is 2. The lowest BCUT2D eigenvalue weighted by molar-refractivity contribution is 0.00817. The first-order valence-electron chi connectivity index (χ1n) is 7.04. The van der Waals surface area contributed by atoms with E-state index in [1.165, 1.54) is 31.4 Å². The number of fused-ring (bicyclic) bond motifs is 3. The minimum atomic E-state index is -4.07. The average molecular weight is 390 g/mol. The van der Waals surface area contributed by atoms with Gasteiger partial charge in [-0.3, -0.25) is 0 Å². The van der Waals surface area contributed by atoms with Crippen LogP contribution in [0.1, 0.15) is 15.9 Å². The van der Waals surface area contributed by atoms with Crippen LogP contribution in [0.25, 0.3) is 0 Å². The monoisotopic (exact) mass is 390 g/mol. The molecule has 1 aliphatic rings. The van der Waals surface area contributed by atoms with Gasteiger partial charge in [0, 0.05) is 0 Å². The van der Waals surface area contributed by atoms with E-state index in [2.05, 4.69) is 4.74 Å². The van der Waals surface area contributed by atoms with Crippen molar-refractivity contribution in [2.45, 2.75) is 18.2 Å². The standard InChI is InChI=1S/C15H12O6S.CHF3/c1-19-15(16)12-6-3-7-13-14(12)21-22(17,18)11-5-2-4-10(8-11)9-20-13;2-1(3)4/h2-8H,9H2,1H3;1H. The Morgan fingerprint density at radius 2 is 1.81 bits per heavy atom. The van der Waals surface area contributed by atoms with Crippen LogP contribution >= 0.6 is 0 Å². The zero-order chi connectivity index (χ0) is 19.3. The Bertz CT molecular complexity index is 896. The number of carbonyl (C=O) groups excluding carboxylic acids is 1. The molecule has 2 aromatic carbocycles. The number of hydrogen-bond acceptors (Lipinski definition) is 6. The van der Waals surface area contributed by atoms with Crippen LogP contribution in [0.4, 0.5) is 13.2 Å². The molecule has 0 aromatic heterocycles. The first kappa shape index (κ1) is 19.6. The van der Waals surface area contributed by atoms with E-state index >= 15 is 0 Å². The third kappa shape index (κ3) is 4.66. The lowest BCUT2D eigenvalue weighted by atomic mass is 10.2. The number of alkyl halides is 3. The van der Waals surface area contributed by atoms with E-state index in [9.17, 15) is 26.4 Å². The van der Waals surface area contributed by atoms with Gasteiger partial charge in [0.05, 0.1) is 7.11 Å². The molecule has 0 radical (unpaired) electrons. The van der Waals surface area contributed by atoms with Gasteiger partial charge in [-0.1, -0.05) is 18.2 Å². The van der Waals surface area contributed by atoms with Crippen LogP contribution < -0.4 is 8.92 Å². The van der Waals surface area contributed by atoms with E-state index in [4.69, 9.17) is 8.92 Å². The highest BCUT2D eigenvalue weighted by Crippen LogP contribution is 2.36. The normalized spacial score (nSPS) is 14.2. The van der Waals surface area contributed by atoms with E-state index in [1.54, 1.807) is 18.2 Å². The summed E-state index contributed by atoms with van der Waals surface area (Å²) in [6.45, 7) is -3.51. The maximum Gasteiger partial charge on any atom is 0.379 e. The molecule has 0 atom stereocenters. The fraction of sp³-hybridized carbons (Fsp3) is 0.188. The fourth-order valence-electron chi connectivity index (χ4n) is 2.10. The van der Waals surface area contributed by atoms with Crippen molar-refractivity contribution in [3.63, 3.8) is 0 Å². The summed E-state index contributed by atoms with van der Waals surface area (Å²) in [6, 6.07) is 10.8. The molecule has 0 amide bonds. The minimum absolute atomic E-state index is 0.00104. The number of hydrogen-bond donors (Lipinski definition) is 0. The highest BCUT2D eigenvalue weighted by Gasteiger charge is 2.26. The summed E-state index contributed by atoms with van der Waals surface area (Å²) in [5.74, 6) is -0.715. The summed E-state index contributed by atoms with van der Waals surface area (Å²) in [5.41, 5.74) is 0.666. The number of halogens is 3. The van der Waals surface area contributed by atoms with E-state index in [1.807, 2.05) is 0 Å². The third-order valence-electron chi connectivity index (χ3n) is 3.16. The molecule has 3 rings (SSSR count). The predicted octanol–water partition coefficient (Wildman–Crippen LogP) is 3.31. The lowest BCUT2D eigenvalue weighted by Gasteiger charge is -2.13. The van der Waals surface area contributed by atoms with Crippen LogP contribution in [0.5, 0.6) is 11.5 Å². The Hall–Kier alpha value is -2.75. The van der Waals surface area contributed by atoms with Crippen molar-refractivity contribution in [3.05, 3.63) is 53.6 Å². The van der Waals surface area contributed by atoms with Crippen LogP contribution in [-0.2, 0) is 21.5 Å². The molecule has 6 nitrogen and oxygen atoms in total. The van der Waals surface area contributed by atoms with Gasteiger partial charge >= 0.3 is 22.8 Å². The van der Waals surface area contributed by atoms with Gasteiger partial charge in [-0.25, -0.2) is 4.79 Å². The molecule has 0 fully saturated rings. The number of benzene rings is 2. The molecule has 2 bridgehead atoms. The van der Waals surface area contributed by atoms with Gasteiger partial charge in [0.2, 0.25) is 0 Å². The van der Waals surface area contributed by atoms with Crippen LogP contribution in [0.3, 0.4) is 0 Å². The second-order valence-electron chi connectivity index (χ2n) is 4.85. The molecule has 0 aliphatic carbocycles. The maximum atomic E-state index is 12.4. The van der Waals surface area contributed by atoms with Gasteiger partial charge in [-0.2, -0.15) is 21.6 Å². The second-order valence-corrected chi connectivity index (χ2v) is 6.39. The van der Waals surface area contributed by atoms with Gasteiger partial charge < -0.3 is 13.7 Å². The summed E-state index contributed by atoms with van der Waals surface area (Å²) < 4.78 is 69.1. The van der Waals surface area contributed by atoms with Crippen molar-refractivity contribution >= 4 is 16.1 Å². The highest BCUT2D eigenvalue weighted by molar-refractivity contribution is 7.87. The van der Waals surface area contributed by atoms with Gasteiger partial charge in [-0.15, -0.1) is 0 Å². The molecular weight excluding hydrogens is 377 g/mol.